The van der Waals surface area contributed by atoms with Crippen molar-refractivity contribution >= 4 is 21.8 Å². The van der Waals surface area contributed by atoms with Crippen LogP contribution in [0.5, 0.6) is 0 Å². The standard InChI is InChI=1S/C15H18BrNO/c1-10-3-2-4-13(14(10)16)15(18)17(12-7-8-12)9-11-5-6-11/h2-4,11-12H,5-9H2,1H3. The summed E-state index contributed by atoms with van der Waals surface area (Å²) < 4.78 is 0.955. The molecule has 2 nitrogen and oxygen atoms in total. The average Bonchev–Trinajstić information content (AvgIpc) is 3.22. The number of aryl methyl sites for hydroxylation is 1. The molecule has 1 amide bonds. The molecule has 0 aromatic heterocycles. The van der Waals surface area contributed by atoms with E-state index >= 15 is 0 Å². The van der Waals surface area contributed by atoms with Crippen molar-refractivity contribution in [2.75, 3.05) is 6.54 Å². The molecule has 3 rings (SSSR count). The number of carbonyl (C=O) groups excluding carboxylic acids is 1. The third-order valence-corrected chi connectivity index (χ3v) is 4.88. The number of halogens is 1. The molecule has 2 aliphatic rings. The molecule has 0 unspecified atom stereocenters. The van der Waals surface area contributed by atoms with Crippen LogP contribution >= 0.6 is 15.9 Å². The van der Waals surface area contributed by atoms with Crippen LogP contribution in [0, 0.1) is 12.8 Å². The second-order valence-corrected chi connectivity index (χ2v) is 6.36. The number of hydrogen-bond donors (Lipinski definition) is 0. The minimum Gasteiger partial charge on any atom is -0.335 e. The Morgan fingerprint density at radius 1 is 1.33 bits per heavy atom. The molecule has 3 heteroatoms. The molecule has 0 spiro atoms. The van der Waals surface area contributed by atoms with Crippen molar-refractivity contribution in [2.24, 2.45) is 5.92 Å². The Morgan fingerprint density at radius 2 is 2.06 bits per heavy atom. The maximum atomic E-state index is 12.7. The van der Waals surface area contributed by atoms with Gasteiger partial charge in [-0.05, 0) is 66.1 Å². The molecule has 2 saturated carbocycles. The fourth-order valence-electron chi connectivity index (χ4n) is 2.33. The van der Waals surface area contributed by atoms with Crippen LogP contribution in [0.1, 0.15) is 41.6 Å². The maximum Gasteiger partial charge on any atom is 0.255 e. The summed E-state index contributed by atoms with van der Waals surface area (Å²) in [6.45, 7) is 2.99. The molecule has 1 aromatic carbocycles. The van der Waals surface area contributed by atoms with Gasteiger partial charge >= 0.3 is 0 Å². The van der Waals surface area contributed by atoms with Crippen molar-refractivity contribution in [1.29, 1.82) is 0 Å². The van der Waals surface area contributed by atoms with Gasteiger partial charge in [0, 0.05) is 17.1 Å². The highest BCUT2D eigenvalue weighted by Crippen LogP contribution is 2.36. The molecule has 0 aliphatic heterocycles. The van der Waals surface area contributed by atoms with Crippen LogP contribution in [0.4, 0.5) is 0 Å². The predicted molar refractivity (Wildman–Crippen MR) is 75.7 cm³/mol. The van der Waals surface area contributed by atoms with E-state index in [4.69, 9.17) is 0 Å². The van der Waals surface area contributed by atoms with Gasteiger partial charge in [-0.25, -0.2) is 0 Å². The van der Waals surface area contributed by atoms with Gasteiger partial charge in [-0.3, -0.25) is 4.79 Å². The third-order valence-electron chi connectivity index (χ3n) is 3.82. The van der Waals surface area contributed by atoms with Crippen LogP contribution in [0.3, 0.4) is 0 Å². The Morgan fingerprint density at radius 3 is 2.67 bits per heavy atom. The smallest absolute Gasteiger partial charge is 0.255 e. The van der Waals surface area contributed by atoms with Crippen LogP contribution in [0.15, 0.2) is 22.7 Å². The van der Waals surface area contributed by atoms with Gasteiger partial charge in [0.25, 0.3) is 5.91 Å². The van der Waals surface area contributed by atoms with Crippen LogP contribution in [0.25, 0.3) is 0 Å². The second-order valence-electron chi connectivity index (χ2n) is 5.57. The maximum absolute atomic E-state index is 12.7. The molecule has 0 saturated heterocycles. The van der Waals surface area contributed by atoms with E-state index in [9.17, 15) is 4.79 Å². The quantitative estimate of drug-likeness (QED) is 0.829. The van der Waals surface area contributed by atoms with Gasteiger partial charge in [0.15, 0.2) is 0 Å². The normalized spacial score (nSPS) is 18.8. The first-order chi connectivity index (χ1) is 8.66. The van der Waals surface area contributed by atoms with E-state index in [0.717, 1.165) is 28.1 Å². The van der Waals surface area contributed by atoms with Crippen LogP contribution in [-0.4, -0.2) is 23.4 Å². The minimum atomic E-state index is 0.208. The number of hydrogen-bond acceptors (Lipinski definition) is 1. The zero-order valence-electron chi connectivity index (χ0n) is 10.7. The van der Waals surface area contributed by atoms with E-state index in [0.29, 0.717) is 6.04 Å². The Labute approximate surface area is 116 Å². The van der Waals surface area contributed by atoms with Crippen molar-refractivity contribution in [1.82, 2.24) is 4.90 Å². The predicted octanol–water partition coefficient (Wildman–Crippen LogP) is 3.77. The molecule has 0 heterocycles. The summed E-state index contributed by atoms with van der Waals surface area (Å²) in [5.74, 6) is 0.970. The second kappa shape index (κ2) is 4.69. The van der Waals surface area contributed by atoms with E-state index in [-0.39, 0.29) is 5.91 Å². The highest BCUT2D eigenvalue weighted by atomic mass is 79.9. The summed E-state index contributed by atoms with van der Waals surface area (Å²) in [7, 11) is 0. The Balaban J connectivity index is 1.84. The van der Waals surface area contributed by atoms with E-state index in [2.05, 4.69) is 20.8 Å². The Hall–Kier alpha value is -0.830. The minimum absolute atomic E-state index is 0.208. The van der Waals surface area contributed by atoms with E-state index in [1.165, 1.54) is 25.7 Å². The molecular formula is C15H18BrNO. The molecular weight excluding hydrogens is 290 g/mol. The zero-order chi connectivity index (χ0) is 12.7. The van der Waals surface area contributed by atoms with Crippen LogP contribution in [-0.2, 0) is 0 Å². The molecule has 18 heavy (non-hydrogen) atoms. The van der Waals surface area contributed by atoms with E-state index < -0.39 is 0 Å². The SMILES string of the molecule is Cc1cccc(C(=O)N(CC2CC2)C2CC2)c1Br. The van der Waals surface area contributed by atoms with Gasteiger partial charge in [-0.1, -0.05) is 12.1 Å². The molecule has 1 aromatic rings. The monoisotopic (exact) mass is 307 g/mol. The molecule has 0 radical (unpaired) electrons. The van der Waals surface area contributed by atoms with Crippen LogP contribution in [0.2, 0.25) is 0 Å². The first-order valence-electron chi connectivity index (χ1n) is 6.73. The number of nitrogens with zero attached hydrogens (tertiary/aromatic N) is 1. The van der Waals surface area contributed by atoms with Gasteiger partial charge in [0.1, 0.15) is 0 Å². The lowest BCUT2D eigenvalue weighted by Crippen LogP contribution is -2.35. The van der Waals surface area contributed by atoms with Gasteiger partial charge in [-0.2, -0.15) is 0 Å². The highest BCUT2D eigenvalue weighted by molar-refractivity contribution is 9.10. The average molecular weight is 308 g/mol. The summed E-state index contributed by atoms with van der Waals surface area (Å²) in [6.07, 6.45) is 4.96. The Kier molecular flexibility index (Phi) is 3.18. The zero-order valence-corrected chi connectivity index (χ0v) is 12.2. The molecule has 2 fully saturated rings. The van der Waals surface area contributed by atoms with E-state index in [1.54, 1.807) is 0 Å². The lowest BCUT2D eigenvalue weighted by atomic mass is 10.1. The summed E-state index contributed by atoms with van der Waals surface area (Å²) >= 11 is 3.55. The highest BCUT2D eigenvalue weighted by Gasteiger charge is 2.37. The number of benzene rings is 1. The lowest BCUT2D eigenvalue weighted by molar-refractivity contribution is 0.0734. The summed E-state index contributed by atoms with van der Waals surface area (Å²) in [5, 5.41) is 0. The number of rotatable bonds is 4. The first-order valence-corrected chi connectivity index (χ1v) is 7.52. The third kappa shape index (κ3) is 2.46. The molecule has 0 atom stereocenters. The molecule has 96 valence electrons. The fraction of sp³-hybridized carbons (Fsp3) is 0.533. The van der Waals surface area contributed by atoms with Crippen LogP contribution < -0.4 is 0 Å². The van der Waals surface area contributed by atoms with Crippen molar-refractivity contribution in [3.05, 3.63) is 33.8 Å². The largest absolute Gasteiger partial charge is 0.335 e. The Bertz CT molecular complexity index is 477. The summed E-state index contributed by atoms with van der Waals surface area (Å²) in [5.41, 5.74) is 1.95. The molecule has 0 N–H and O–H groups in total. The lowest BCUT2D eigenvalue weighted by Gasteiger charge is -2.23. The van der Waals surface area contributed by atoms with Gasteiger partial charge in [-0.15, -0.1) is 0 Å². The van der Waals surface area contributed by atoms with Gasteiger partial charge < -0.3 is 4.90 Å². The van der Waals surface area contributed by atoms with E-state index in [1.807, 2.05) is 25.1 Å². The summed E-state index contributed by atoms with van der Waals surface area (Å²) in [6, 6.07) is 6.44. The molecule has 0 bridgehead atoms. The number of carbonyl (C=O) groups is 1. The van der Waals surface area contributed by atoms with Crippen molar-refractivity contribution < 1.29 is 4.79 Å². The summed E-state index contributed by atoms with van der Waals surface area (Å²) in [4.78, 5) is 14.8. The van der Waals surface area contributed by atoms with Crippen molar-refractivity contribution in [2.45, 2.75) is 38.6 Å². The number of amides is 1. The van der Waals surface area contributed by atoms with Gasteiger partial charge in [0.05, 0.1) is 5.56 Å². The van der Waals surface area contributed by atoms with Crippen molar-refractivity contribution in [3.63, 3.8) is 0 Å². The fourth-order valence-corrected chi connectivity index (χ4v) is 2.76. The van der Waals surface area contributed by atoms with Crippen molar-refractivity contribution in [3.8, 4) is 0 Å². The van der Waals surface area contributed by atoms with Gasteiger partial charge in [0.2, 0.25) is 0 Å². The first kappa shape index (κ1) is 12.2. The molecule has 2 aliphatic carbocycles. The topological polar surface area (TPSA) is 20.3 Å².